The number of hydrogen-bond acceptors (Lipinski definition) is 10. The van der Waals surface area contributed by atoms with Gasteiger partial charge in [0.1, 0.15) is 5.82 Å². The summed E-state index contributed by atoms with van der Waals surface area (Å²) in [6.45, 7) is 2.04. The number of aryl methyl sites for hydroxylation is 1. The van der Waals surface area contributed by atoms with Crippen LogP contribution in [0.3, 0.4) is 0 Å². The van der Waals surface area contributed by atoms with Crippen molar-refractivity contribution in [2.75, 3.05) is 0 Å². The molecule has 0 unspecified atom stereocenters. The van der Waals surface area contributed by atoms with E-state index in [0.29, 0.717) is 49.0 Å². The summed E-state index contributed by atoms with van der Waals surface area (Å²) >= 11 is 2.80. The Morgan fingerprint density at radius 3 is 1.83 bits per heavy atom. The first-order valence-corrected chi connectivity index (χ1v) is 12.4. The van der Waals surface area contributed by atoms with E-state index in [-0.39, 0.29) is 11.7 Å². The average Bonchev–Trinajstić information content (AvgIpc) is 3.68. The largest absolute Gasteiger partial charge is 0.414 e. The molecule has 0 N–H and O–H groups in total. The monoisotopic (exact) mass is 512 g/mol. The molecular weight excluding hydrogens is 499 g/mol. The van der Waals surface area contributed by atoms with E-state index in [4.69, 9.17) is 8.83 Å². The Morgan fingerprint density at radius 2 is 1.19 bits per heavy atom. The van der Waals surface area contributed by atoms with Gasteiger partial charge < -0.3 is 8.83 Å². The number of halogens is 1. The van der Waals surface area contributed by atoms with Crippen molar-refractivity contribution in [1.82, 2.24) is 30.4 Å². The molecule has 0 bridgehead atoms. The van der Waals surface area contributed by atoms with Crippen LogP contribution in [0.1, 0.15) is 5.56 Å². The Kier molecular flexibility index (Phi) is 4.72. The quantitative estimate of drug-likeness (QED) is 0.254. The summed E-state index contributed by atoms with van der Waals surface area (Å²) in [4.78, 5) is 9.08. The number of fused-ring (bicyclic) bond motifs is 2. The number of rotatable bonds is 4. The van der Waals surface area contributed by atoms with Crippen molar-refractivity contribution < 1.29 is 13.2 Å². The van der Waals surface area contributed by atoms with Gasteiger partial charge in [-0.25, -0.2) is 14.4 Å². The van der Waals surface area contributed by atoms with E-state index >= 15 is 0 Å². The van der Waals surface area contributed by atoms with E-state index in [2.05, 4.69) is 36.4 Å². The van der Waals surface area contributed by atoms with Gasteiger partial charge in [-0.1, -0.05) is 12.1 Å². The minimum absolute atomic E-state index is 0.267. The van der Waals surface area contributed by atoms with Crippen molar-refractivity contribution in [3.8, 4) is 44.7 Å². The fourth-order valence-corrected chi connectivity index (χ4v) is 5.65. The fourth-order valence-electron chi connectivity index (χ4n) is 3.75. The van der Waals surface area contributed by atoms with Crippen LogP contribution >= 0.6 is 22.7 Å². The first kappa shape index (κ1) is 21.0. The molecular formula is C25H13FN6O2S2. The standard InChI is InChI=1S/C25H13FN6O2S2/c1-12-5-7-16-18(9-12)35-24(27-16)22-31-29-20(33-22)13-3-2-4-14(10-13)21-30-32-23(34-21)25-28-17-8-6-15(26)11-19(17)36-25/h2-11H,1H3. The van der Waals surface area contributed by atoms with E-state index in [1.165, 1.54) is 40.4 Å². The van der Waals surface area contributed by atoms with Crippen LogP contribution in [-0.4, -0.2) is 30.4 Å². The molecule has 4 aromatic heterocycles. The van der Waals surface area contributed by atoms with Crippen LogP contribution in [0.5, 0.6) is 0 Å². The molecule has 174 valence electrons. The molecule has 0 radical (unpaired) electrons. The van der Waals surface area contributed by atoms with E-state index < -0.39 is 0 Å². The van der Waals surface area contributed by atoms with Gasteiger partial charge in [-0.2, -0.15) is 0 Å². The summed E-state index contributed by atoms with van der Waals surface area (Å²) in [5, 5.41) is 17.9. The summed E-state index contributed by atoms with van der Waals surface area (Å²) < 4.78 is 27.1. The van der Waals surface area contributed by atoms with Crippen LogP contribution in [0.2, 0.25) is 0 Å². The van der Waals surface area contributed by atoms with Crippen LogP contribution in [-0.2, 0) is 0 Å². The molecule has 0 aliphatic heterocycles. The van der Waals surface area contributed by atoms with Gasteiger partial charge in [0.2, 0.25) is 11.8 Å². The van der Waals surface area contributed by atoms with Gasteiger partial charge in [-0.15, -0.1) is 43.1 Å². The van der Waals surface area contributed by atoms with E-state index in [1.54, 1.807) is 6.07 Å². The minimum Gasteiger partial charge on any atom is -0.414 e. The molecule has 36 heavy (non-hydrogen) atoms. The van der Waals surface area contributed by atoms with Crippen molar-refractivity contribution >= 4 is 43.1 Å². The maximum Gasteiger partial charge on any atom is 0.277 e. The molecule has 0 fully saturated rings. The fraction of sp³-hybridized carbons (Fsp3) is 0.0400. The zero-order valence-electron chi connectivity index (χ0n) is 18.5. The molecule has 0 atom stereocenters. The SMILES string of the molecule is Cc1ccc2nc(-c3nnc(-c4cccc(-c5nnc(-c6nc7ccc(F)cc7s6)o5)c4)o3)sc2c1. The lowest BCUT2D eigenvalue weighted by atomic mass is 10.1. The highest BCUT2D eigenvalue weighted by molar-refractivity contribution is 7.21. The minimum atomic E-state index is -0.317. The maximum absolute atomic E-state index is 13.5. The molecule has 0 spiro atoms. The molecule has 4 heterocycles. The average molecular weight is 513 g/mol. The second kappa shape index (κ2) is 8.11. The third-order valence-corrected chi connectivity index (χ3v) is 7.48. The molecule has 7 rings (SSSR count). The van der Waals surface area contributed by atoms with Crippen molar-refractivity contribution in [3.63, 3.8) is 0 Å². The Morgan fingerprint density at radius 1 is 0.639 bits per heavy atom. The Hall–Kier alpha value is -4.35. The van der Waals surface area contributed by atoms with Gasteiger partial charge in [0, 0.05) is 11.1 Å². The maximum atomic E-state index is 13.5. The Balaban J connectivity index is 1.19. The molecule has 3 aromatic carbocycles. The second-order valence-corrected chi connectivity index (χ2v) is 10.1. The molecule has 0 amide bonds. The molecule has 0 aliphatic carbocycles. The van der Waals surface area contributed by atoms with Crippen molar-refractivity contribution in [3.05, 3.63) is 72.0 Å². The van der Waals surface area contributed by atoms with E-state index in [9.17, 15) is 4.39 Å². The third kappa shape index (κ3) is 3.65. The predicted octanol–water partition coefficient (Wildman–Crippen LogP) is 6.79. The lowest BCUT2D eigenvalue weighted by molar-refractivity contribution is 0.582. The predicted molar refractivity (Wildman–Crippen MR) is 135 cm³/mol. The topological polar surface area (TPSA) is 104 Å². The van der Waals surface area contributed by atoms with Gasteiger partial charge in [0.25, 0.3) is 11.8 Å². The third-order valence-electron chi connectivity index (χ3n) is 5.47. The number of aromatic nitrogens is 6. The molecule has 11 heteroatoms. The lowest BCUT2D eigenvalue weighted by Gasteiger charge is -1.98. The highest BCUT2D eigenvalue weighted by atomic mass is 32.1. The van der Waals surface area contributed by atoms with Crippen LogP contribution in [0, 0.1) is 12.7 Å². The van der Waals surface area contributed by atoms with Gasteiger partial charge in [0.15, 0.2) is 10.0 Å². The van der Waals surface area contributed by atoms with Crippen molar-refractivity contribution in [2.24, 2.45) is 0 Å². The number of nitrogens with zero attached hydrogens (tertiary/aromatic N) is 6. The molecule has 8 nitrogen and oxygen atoms in total. The summed E-state index contributed by atoms with van der Waals surface area (Å²) in [6, 6.07) is 17.9. The Bertz CT molecular complexity index is 1770. The molecule has 0 saturated heterocycles. The first-order chi connectivity index (χ1) is 17.6. The van der Waals surface area contributed by atoms with Crippen molar-refractivity contribution in [1.29, 1.82) is 0 Å². The Labute approximate surface area is 210 Å². The lowest BCUT2D eigenvalue weighted by Crippen LogP contribution is -1.82. The zero-order valence-corrected chi connectivity index (χ0v) is 20.1. The number of hydrogen-bond donors (Lipinski definition) is 0. The van der Waals surface area contributed by atoms with E-state index in [0.717, 1.165) is 10.2 Å². The smallest absolute Gasteiger partial charge is 0.277 e. The normalized spacial score (nSPS) is 11.6. The summed E-state index contributed by atoms with van der Waals surface area (Å²) in [6.07, 6.45) is 0. The molecule has 7 aromatic rings. The highest BCUT2D eigenvalue weighted by Gasteiger charge is 2.18. The molecule has 0 saturated carbocycles. The number of benzene rings is 3. The van der Waals surface area contributed by atoms with E-state index in [1.807, 2.05) is 43.3 Å². The van der Waals surface area contributed by atoms with Gasteiger partial charge in [-0.3, -0.25) is 0 Å². The van der Waals surface area contributed by atoms with Crippen molar-refractivity contribution in [2.45, 2.75) is 6.92 Å². The van der Waals surface area contributed by atoms with Crippen LogP contribution < -0.4 is 0 Å². The first-order valence-electron chi connectivity index (χ1n) is 10.8. The van der Waals surface area contributed by atoms with Gasteiger partial charge in [0.05, 0.1) is 20.4 Å². The summed E-state index contributed by atoms with van der Waals surface area (Å²) in [7, 11) is 0. The summed E-state index contributed by atoms with van der Waals surface area (Å²) in [5.41, 5.74) is 4.13. The number of thiazole rings is 2. The highest BCUT2D eigenvalue weighted by Crippen LogP contribution is 2.34. The van der Waals surface area contributed by atoms with Gasteiger partial charge in [-0.05, 0) is 61.0 Å². The molecule has 0 aliphatic rings. The zero-order chi connectivity index (χ0) is 24.2. The summed E-state index contributed by atoms with van der Waals surface area (Å²) in [5.74, 6) is 0.988. The van der Waals surface area contributed by atoms with Gasteiger partial charge >= 0.3 is 0 Å². The van der Waals surface area contributed by atoms with Crippen LogP contribution in [0.25, 0.3) is 65.1 Å². The van der Waals surface area contributed by atoms with Crippen LogP contribution in [0.15, 0.2) is 69.5 Å². The van der Waals surface area contributed by atoms with Crippen LogP contribution in [0.4, 0.5) is 4.39 Å². The second-order valence-electron chi connectivity index (χ2n) is 8.03.